The SMILES string of the molecule is COc1c(C)cc(P(c2cc(C)c(OC)c(C)c2)c2ccc3c(c2-c2c(P(c4cc(C)c(OC)c(C)c4)c4cc(C)c(OC)c(C)c4)ccc4c2OC(C)(C)O4)OC(C)(C)O3)cc1C. The van der Waals surface area contributed by atoms with Crippen molar-refractivity contribution in [1.29, 1.82) is 0 Å². The van der Waals surface area contributed by atoms with Crippen LogP contribution >= 0.6 is 15.8 Å². The van der Waals surface area contributed by atoms with Gasteiger partial charge in [0.15, 0.2) is 23.0 Å². The predicted octanol–water partition coefficient (Wildman–Crippen LogP) is 10.4. The van der Waals surface area contributed by atoms with Crippen LogP contribution in [0.25, 0.3) is 11.1 Å². The number of aryl methyl sites for hydroxylation is 8. The van der Waals surface area contributed by atoms with E-state index in [1.54, 1.807) is 28.4 Å². The minimum absolute atomic E-state index is 0.668. The maximum absolute atomic E-state index is 7.03. The zero-order valence-electron chi connectivity index (χ0n) is 40.1. The third-order valence-electron chi connectivity index (χ3n) is 12.0. The topological polar surface area (TPSA) is 73.8 Å². The highest BCUT2D eigenvalue weighted by atomic mass is 31.1. The fourth-order valence-electron chi connectivity index (χ4n) is 9.76. The Morgan fingerprint density at radius 1 is 0.359 bits per heavy atom. The molecule has 0 N–H and O–H groups in total. The van der Waals surface area contributed by atoms with Crippen molar-refractivity contribution in [3.8, 4) is 57.1 Å². The molecule has 8 nitrogen and oxygen atoms in total. The molecule has 0 fully saturated rings. The molecule has 0 aromatic heterocycles. The first-order valence-electron chi connectivity index (χ1n) is 21.6. The Morgan fingerprint density at radius 2 is 0.594 bits per heavy atom. The molecule has 0 bridgehead atoms. The van der Waals surface area contributed by atoms with Crippen LogP contribution in [0.2, 0.25) is 0 Å². The summed E-state index contributed by atoms with van der Waals surface area (Å²) in [5.41, 5.74) is 10.3. The molecule has 6 aromatic rings. The quantitative estimate of drug-likeness (QED) is 0.119. The molecule has 2 heterocycles. The Kier molecular flexibility index (Phi) is 11.9. The summed E-state index contributed by atoms with van der Waals surface area (Å²) in [5, 5.41) is 6.86. The van der Waals surface area contributed by atoms with Gasteiger partial charge in [0.1, 0.15) is 23.0 Å². The monoisotopic (exact) mass is 898 g/mol. The summed E-state index contributed by atoms with van der Waals surface area (Å²) in [6, 6.07) is 26.9. The minimum Gasteiger partial charge on any atom is -0.496 e. The molecule has 0 radical (unpaired) electrons. The molecule has 64 heavy (non-hydrogen) atoms. The Morgan fingerprint density at radius 3 is 0.812 bits per heavy atom. The van der Waals surface area contributed by atoms with Crippen LogP contribution in [0.1, 0.15) is 72.2 Å². The van der Waals surface area contributed by atoms with E-state index in [0.29, 0.717) is 23.0 Å². The lowest BCUT2D eigenvalue weighted by atomic mass is 10.0. The molecule has 6 aromatic carbocycles. The van der Waals surface area contributed by atoms with Crippen LogP contribution in [-0.4, -0.2) is 40.0 Å². The maximum atomic E-state index is 7.03. The van der Waals surface area contributed by atoms with E-state index in [2.05, 4.69) is 128 Å². The van der Waals surface area contributed by atoms with Gasteiger partial charge in [-0.05, 0) is 220 Å². The van der Waals surface area contributed by atoms with Crippen molar-refractivity contribution < 1.29 is 37.9 Å². The van der Waals surface area contributed by atoms with E-state index >= 15 is 0 Å². The van der Waals surface area contributed by atoms with Crippen molar-refractivity contribution in [3.63, 3.8) is 0 Å². The van der Waals surface area contributed by atoms with Crippen molar-refractivity contribution in [3.05, 3.63) is 117 Å². The molecule has 0 unspecified atom stereocenters. The molecule has 2 aliphatic heterocycles. The van der Waals surface area contributed by atoms with E-state index in [1.165, 1.54) is 21.2 Å². The summed E-state index contributed by atoms with van der Waals surface area (Å²) in [7, 11) is 4.35. The normalized spacial score (nSPS) is 14.3. The Balaban J connectivity index is 1.55. The van der Waals surface area contributed by atoms with E-state index in [9.17, 15) is 0 Å². The highest BCUT2D eigenvalue weighted by molar-refractivity contribution is 7.80. The minimum atomic E-state index is -1.30. The zero-order valence-corrected chi connectivity index (χ0v) is 41.9. The second kappa shape index (κ2) is 16.9. The molecular weight excluding hydrogens is 839 g/mol. The van der Waals surface area contributed by atoms with Gasteiger partial charge < -0.3 is 37.9 Å². The first-order chi connectivity index (χ1) is 30.3. The molecule has 0 saturated heterocycles. The second-order valence-electron chi connectivity index (χ2n) is 17.9. The van der Waals surface area contributed by atoms with Gasteiger partial charge in [-0.25, -0.2) is 0 Å². The standard InChI is InChI=1S/C54H60O8P2/c1-29-21-37(22-30(2)47(29)55-13)63(38-23-31(3)48(56-14)32(4)24-38)43-19-17-41-51(61-53(9,10)59-41)45(43)46-44(20-18-42-52(46)62-54(11,12)60-42)64(39-25-33(5)49(57-15)34(6)26-39)40-27-35(7)50(58-16)36(8)28-40/h17-28H,1-16H3. The number of fused-ring (bicyclic) bond motifs is 2. The van der Waals surface area contributed by atoms with Crippen LogP contribution in [0.4, 0.5) is 0 Å². The lowest BCUT2D eigenvalue weighted by molar-refractivity contribution is -0.0442. The van der Waals surface area contributed by atoms with Gasteiger partial charge in [-0.15, -0.1) is 0 Å². The summed E-state index contributed by atoms with van der Waals surface area (Å²) in [4.78, 5) is 0. The number of rotatable bonds is 11. The molecule has 334 valence electrons. The van der Waals surface area contributed by atoms with Crippen LogP contribution in [0, 0.1) is 55.4 Å². The number of hydrogen-bond acceptors (Lipinski definition) is 8. The molecule has 0 aliphatic carbocycles. The van der Waals surface area contributed by atoms with Crippen molar-refractivity contribution in [2.24, 2.45) is 0 Å². The Bertz CT molecular complexity index is 2440. The highest BCUT2D eigenvalue weighted by Gasteiger charge is 2.43. The van der Waals surface area contributed by atoms with Crippen molar-refractivity contribution in [2.45, 2.75) is 94.7 Å². The Labute approximate surface area is 381 Å². The van der Waals surface area contributed by atoms with Crippen molar-refractivity contribution in [1.82, 2.24) is 0 Å². The predicted molar refractivity (Wildman–Crippen MR) is 264 cm³/mol. The largest absolute Gasteiger partial charge is 0.496 e. The van der Waals surface area contributed by atoms with Crippen LogP contribution in [0.5, 0.6) is 46.0 Å². The number of ether oxygens (including phenoxy) is 8. The summed E-state index contributed by atoms with van der Waals surface area (Å²) in [5.74, 6) is 4.31. The van der Waals surface area contributed by atoms with Gasteiger partial charge in [0.2, 0.25) is 11.6 Å². The summed E-state index contributed by atoms with van der Waals surface area (Å²) in [6.45, 7) is 24.8. The van der Waals surface area contributed by atoms with Crippen molar-refractivity contribution >= 4 is 47.7 Å². The lowest BCUT2D eigenvalue weighted by Gasteiger charge is -2.29. The van der Waals surface area contributed by atoms with Crippen molar-refractivity contribution in [2.75, 3.05) is 28.4 Å². The fourth-order valence-corrected chi connectivity index (χ4v) is 15.4. The van der Waals surface area contributed by atoms with E-state index in [1.807, 2.05) is 27.7 Å². The fraction of sp³-hybridized carbons (Fsp3) is 0.333. The van der Waals surface area contributed by atoms with Gasteiger partial charge in [-0.3, -0.25) is 0 Å². The average molecular weight is 899 g/mol. The summed E-state index contributed by atoms with van der Waals surface area (Å²) in [6.07, 6.45) is 0. The van der Waals surface area contributed by atoms with Gasteiger partial charge in [0.05, 0.1) is 28.4 Å². The van der Waals surface area contributed by atoms with Gasteiger partial charge in [-0.1, -0.05) is 0 Å². The number of benzene rings is 6. The van der Waals surface area contributed by atoms with Crippen LogP contribution in [-0.2, 0) is 0 Å². The van der Waals surface area contributed by atoms with Crippen LogP contribution in [0.3, 0.4) is 0 Å². The Hall–Kier alpha value is -5.42. The van der Waals surface area contributed by atoms with E-state index in [4.69, 9.17) is 37.9 Å². The molecule has 0 saturated carbocycles. The van der Waals surface area contributed by atoms with Crippen LogP contribution in [0.15, 0.2) is 72.8 Å². The molecule has 2 aliphatic rings. The summed E-state index contributed by atoms with van der Waals surface area (Å²) < 4.78 is 51.1. The first kappa shape index (κ1) is 45.2. The average Bonchev–Trinajstić information content (AvgIpc) is 3.70. The van der Waals surface area contributed by atoms with Gasteiger partial charge in [-0.2, -0.15) is 0 Å². The molecule has 8 rings (SSSR count). The number of methoxy groups -OCH3 is 4. The third kappa shape index (κ3) is 7.92. The first-order valence-corrected chi connectivity index (χ1v) is 24.3. The maximum Gasteiger partial charge on any atom is 0.246 e. The summed E-state index contributed by atoms with van der Waals surface area (Å²) >= 11 is 0. The van der Waals surface area contributed by atoms with E-state index in [0.717, 1.165) is 89.2 Å². The van der Waals surface area contributed by atoms with E-state index in [-0.39, 0.29) is 0 Å². The van der Waals surface area contributed by atoms with E-state index < -0.39 is 27.4 Å². The van der Waals surface area contributed by atoms with Gasteiger partial charge in [0, 0.05) is 38.8 Å². The molecule has 0 amide bonds. The third-order valence-corrected chi connectivity index (χ3v) is 16.8. The smallest absolute Gasteiger partial charge is 0.246 e. The number of hydrogen-bond donors (Lipinski definition) is 0. The van der Waals surface area contributed by atoms with Gasteiger partial charge >= 0.3 is 0 Å². The second-order valence-corrected chi connectivity index (χ2v) is 22.3. The molecular formula is C54H60O8P2. The van der Waals surface area contributed by atoms with Crippen LogP contribution < -0.4 is 69.7 Å². The molecule has 0 atom stereocenters. The highest BCUT2D eigenvalue weighted by Crippen LogP contribution is 2.57. The lowest BCUT2D eigenvalue weighted by Crippen LogP contribution is -2.31. The van der Waals surface area contributed by atoms with Gasteiger partial charge in [0.25, 0.3) is 0 Å². The zero-order chi connectivity index (χ0) is 46.2. The molecule has 0 spiro atoms. The molecule has 10 heteroatoms.